The van der Waals surface area contributed by atoms with Crippen molar-refractivity contribution in [3.05, 3.63) is 103 Å². The van der Waals surface area contributed by atoms with E-state index < -0.39 is 0 Å². The van der Waals surface area contributed by atoms with Gasteiger partial charge in [0.1, 0.15) is 17.2 Å². The van der Waals surface area contributed by atoms with E-state index in [2.05, 4.69) is 25.6 Å². The molecule has 4 aromatic rings. The van der Waals surface area contributed by atoms with Crippen molar-refractivity contribution >= 4 is 35.0 Å². The van der Waals surface area contributed by atoms with Crippen LogP contribution in [-0.4, -0.2) is 62.7 Å². The fraction of sp³-hybridized carbons (Fsp3) is 0.207. The monoisotopic (exact) mass is 505 g/mol. The second kappa shape index (κ2) is 10.3. The number of rotatable bonds is 6. The summed E-state index contributed by atoms with van der Waals surface area (Å²) in [6, 6.07) is 26.4. The van der Waals surface area contributed by atoms with Crippen molar-refractivity contribution in [2.24, 2.45) is 11.8 Å². The summed E-state index contributed by atoms with van der Waals surface area (Å²) < 4.78 is 0. The Morgan fingerprint density at radius 3 is 1.79 bits per heavy atom. The van der Waals surface area contributed by atoms with E-state index >= 15 is 0 Å². The van der Waals surface area contributed by atoms with Crippen molar-refractivity contribution in [2.45, 2.75) is 0 Å². The minimum Gasteiger partial charge on any atom is -0.340 e. The van der Waals surface area contributed by atoms with Crippen molar-refractivity contribution in [1.29, 1.82) is 0 Å². The van der Waals surface area contributed by atoms with Crippen LogP contribution in [0.2, 0.25) is 0 Å². The van der Waals surface area contributed by atoms with Gasteiger partial charge in [-0.3, -0.25) is 9.59 Å². The van der Waals surface area contributed by atoms with E-state index in [1.54, 1.807) is 18.3 Å². The van der Waals surface area contributed by atoms with E-state index in [-0.39, 0.29) is 23.7 Å². The lowest BCUT2D eigenvalue weighted by Crippen LogP contribution is -2.36. The molecule has 0 aliphatic carbocycles. The number of nitrogens with one attached hydrogen (secondary N) is 2. The SMILES string of the molecule is O=C(c1cccc(Nc2ccccc2)n1)N1CC2CN(C(=O)c3ccnc(Nc4ccccc4)n3)CC2C1. The topological polar surface area (TPSA) is 103 Å². The third-order valence-corrected chi connectivity index (χ3v) is 6.98. The van der Waals surface area contributed by atoms with Crippen molar-refractivity contribution in [3.63, 3.8) is 0 Å². The molecule has 9 heteroatoms. The summed E-state index contributed by atoms with van der Waals surface area (Å²) in [5, 5.41) is 6.37. The Balaban J connectivity index is 1.07. The number of carbonyl (C=O) groups is 2. The smallest absolute Gasteiger partial charge is 0.272 e. The van der Waals surface area contributed by atoms with Crippen LogP contribution in [-0.2, 0) is 0 Å². The lowest BCUT2D eigenvalue weighted by atomic mass is 10.0. The number of amides is 2. The molecule has 2 fully saturated rings. The van der Waals surface area contributed by atoms with Crippen LogP contribution in [0.4, 0.5) is 23.1 Å². The lowest BCUT2D eigenvalue weighted by Gasteiger charge is -2.21. The van der Waals surface area contributed by atoms with E-state index in [9.17, 15) is 9.59 Å². The molecule has 2 N–H and O–H groups in total. The maximum Gasteiger partial charge on any atom is 0.272 e. The number of nitrogens with zero attached hydrogens (tertiary/aromatic N) is 5. The molecule has 38 heavy (non-hydrogen) atoms. The fourth-order valence-corrected chi connectivity index (χ4v) is 5.13. The molecule has 2 unspecified atom stereocenters. The zero-order valence-corrected chi connectivity index (χ0v) is 20.7. The largest absolute Gasteiger partial charge is 0.340 e. The molecule has 4 heterocycles. The highest BCUT2D eigenvalue weighted by Gasteiger charge is 2.43. The van der Waals surface area contributed by atoms with Gasteiger partial charge in [-0.2, -0.15) is 0 Å². The molecular weight excluding hydrogens is 478 g/mol. The van der Waals surface area contributed by atoms with Gasteiger partial charge in [-0.05, 0) is 42.5 Å². The summed E-state index contributed by atoms with van der Waals surface area (Å²) in [5.74, 6) is 1.28. The maximum atomic E-state index is 13.2. The van der Waals surface area contributed by atoms with Gasteiger partial charge in [0.15, 0.2) is 0 Å². The summed E-state index contributed by atoms with van der Waals surface area (Å²) in [6.07, 6.45) is 1.59. The van der Waals surface area contributed by atoms with Crippen LogP contribution in [0.25, 0.3) is 0 Å². The van der Waals surface area contributed by atoms with Gasteiger partial charge in [-0.25, -0.2) is 15.0 Å². The molecule has 0 radical (unpaired) electrons. The Kier molecular flexibility index (Phi) is 6.39. The molecule has 2 amide bonds. The van der Waals surface area contributed by atoms with E-state index in [1.165, 1.54) is 0 Å². The normalized spacial score (nSPS) is 18.2. The molecule has 0 saturated carbocycles. The van der Waals surface area contributed by atoms with Crippen LogP contribution in [0.1, 0.15) is 21.0 Å². The van der Waals surface area contributed by atoms with Crippen molar-refractivity contribution < 1.29 is 9.59 Å². The Labute approximate surface area is 220 Å². The molecule has 2 aromatic carbocycles. The molecule has 9 nitrogen and oxygen atoms in total. The summed E-state index contributed by atoms with van der Waals surface area (Å²) in [7, 11) is 0. The first kappa shape index (κ1) is 23.6. The first-order valence-electron chi connectivity index (χ1n) is 12.7. The van der Waals surface area contributed by atoms with E-state index in [4.69, 9.17) is 0 Å². The molecule has 2 aliphatic heterocycles. The molecule has 0 spiro atoms. The highest BCUT2D eigenvalue weighted by atomic mass is 16.2. The summed E-state index contributed by atoms with van der Waals surface area (Å²) >= 11 is 0. The van der Waals surface area contributed by atoms with E-state index in [0.29, 0.717) is 49.3 Å². The molecule has 2 saturated heterocycles. The second-order valence-corrected chi connectivity index (χ2v) is 9.60. The number of aromatic nitrogens is 3. The fourth-order valence-electron chi connectivity index (χ4n) is 5.13. The van der Waals surface area contributed by atoms with Gasteiger partial charge in [0.25, 0.3) is 11.8 Å². The van der Waals surface area contributed by atoms with Crippen molar-refractivity contribution in [1.82, 2.24) is 24.8 Å². The van der Waals surface area contributed by atoms with E-state index in [0.717, 1.165) is 11.4 Å². The van der Waals surface area contributed by atoms with Gasteiger partial charge >= 0.3 is 0 Å². The van der Waals surface area contributed by atoms with Crippen LogP contribution >= 0.6 is 0 Å². The van der Waals surface area contributed by atoms with Gasteiger partial charge in [0, 0.05) is 55.6 Å². The average Bonchev–Trinajstić information content (AvgIpc) is 3.54. The number of benzene rings is 2. The van der Waals surface area contributed by atoms with Crippen LogP contribution in [0.3, 0.4) is 0 Å². The van der Waals surface area contributed by atoms with Crippen molar-refractivity contribution in [3.8, 4) is 0 Å². The molecule has 0 bridgehead atoms. The zero-order valence-electron chi connectivity index (χ0n) is 20.7. The molecule has 2 aromatic heterocycles. The van der Waals surface area contributed by atoms with E-state index in [1.807, 2.05) is 82.6 Å². The van der Waals surface area contributed by atoms with Crippen LogP contribution in [0.5, 0.6) is 0 Å². The molecule has 2 atom stereocenters. The van der Waals surface area contributed by atoms with Gasteiger partial charge in [-0.1, -0.05) is 42.5 Å². The Morgan fingerprint density at radius 2 is 1.18 bits per heavy atom. The minimum absolute atomic E-state index is 0.0820. The first-order chi connectivity index (χ1) is 18.6. The molecular formula is C29H27N7O2. The average molecular weight is 506 g/mol. The second-order valence-electron chi connectivity index (χ2n) is 9.60. The third kappa shape index (κ3) is 5.04. The van der Waals surface area contributed by atoms with Gasteiger partial charge in [-0.15, -0.1) is 0 Å². The Hall–Kier alpha value is -4.79. The summed E-state index contributed by atoms with van der Waals surface area (Å²) in [6.45, 7) is 2.41. The Morgan fingerprint density at radius 1 is 0.632 bits per heavy atom. The number of pyridine rings is 1. The van der Waals surface area contributed by atoms with Crippen molar-refractivity contribution in [2.75, 3.05) is 36.8 Å². The first-order valence-corrected chi connectivity index (χ1v) is 12.7. The number of likely N-dealkylation sites (tertiary alicyclic amines) is 2. The predicted molar refractivity (Wildman–Crippen MR) is 145 cm³/mol. The van der Waals surface area contributed by atoms with Gasteiger partial charge in [0.2, 0.25) is 5.95 Å². The van der Waals surface area contributed by atoms with Gasteiger partial charge < -0.3 is 20.4 Å². The number of anilines is 4. The van der Waals surface area contributed by atoms with Crippen LogP contribution in [0.15, 0.2) is 91.1 Å². The Bertz CT molecular complexity index is 1320. The zero-order chi connectivity index (χ0) is 25.9. The summed E-state index contributed by atoms with van der Waals surface area (Å²) in [5.41, 5.74) is 2.54. The number of carbonyl (C=O) groups excluding carboxylic acids is 2. The molecule has 2 aliphatic rings. The molecule has 190 valence electrons. The molecule has 6 rings (SSSR count). The van der Waals surface area contributed by atoms with Crippen LogP contribution < -0.4 is 10.6 Å². The highest BCUT2D eigenvalue weighted by Crippen LogP contribution is 2.32. The number of fused-ring (bicyclic) bond motifs is 1. The minimum atomic E-state index is -0.114. The standard InChI is InChI=1S/C29H27N7O2/c37-27(24-12-7-13-26(33-24)31-22-8-3-1-4-9-22)35-16-20-18-36(19-21(20)17-35)28(38)25-14-15-30-29(34-25)32-23-10-5-2-6-11-23/h1-15,20-21H,16-19H2,(H,31,33)(H,30,32,34). The lowest BCUT2D eigenvalue weighted by molar-refractivity contribution is 0.0732. The van der Waals surface area contributed by atoms with Gasteiger partial charge in [0.05, 0.1) is 0 Å². The highest BCUT2D eigenvalue weighted by molar-refractivity contribution is 5.94. The number of hydrogen-bond donors (Lipinski definition) is 2. The number of para-hydroxylation sites is 2. The summed E-state index contributed by atoms with van der Waals surface area (Å²) in [4.78, 5) is 43.4. The number of hydrogen-bond acceptors (Lipinski definition) is 7. The maximum absolute atomic E-state index is 13.2. The predicted octanol–water partition coefficient (Wildman–Crippen LogP) is 4.20. The quantitative estimate of drug-likeness (QED) is 0.405. The van der Waals surface area contributed by atoms with Crippen LogP contribution in [0, 0.1) is 11.8 Å². The third-order valence-electron chi connectivity index (χ3n) is 6.98.